The fourth-order valence-corrected chi connectivity index (χ4v) is 1.98. The summed E-state index contributed by atoms with van der Waals surface area (Å²) in [4.78, 5) is 0. The van der Waals surface area contributed by atoms with Crippen molar-refractivity contribution in [3.8, 4) is 0 Å². The Morgan fingerprint density at radius 3 is 2.44 bits per heavy atom. The molecule has 0 spiro atoms. The summed E-state index contributed by atoms with van der Waals surface area (Å²) in [6.45, 7) is 8.16. The van der Waals surface area contributed by atoms with Gasteiger partial charge in [-0.3, -0.25) is 0 Å². The maximum absolute atomic E-state index is 3.79. The van der Waals surface area contributed by atoms with Gasteiger partial charge in [0, 0.05) is 4.43 Å². The van der Waals surface area contributed by atoms with Crippen LogP contribution in [-0.2, 0) is 0 Å². The summed E-state index contributed by atoms with van der Waals surface area (Å²) in [5.41, 5.74) is 2.85. The lowest BCUT2D eigenvalue weighted by Gasteiger charge is -2.07. The molecule has 0 aromatic carbocycles. The van der Waals surface area contributed by atoms with Crippen molar-refractivity contribution in [1.82, 2.24) is 0 Å². The van der Waals surface area contributed by atoms with Crippen molar-refractivity contribution in [1.29, 1.82) is 0 Å². The van der Waals surface area contributed by atoms with E-state index in [1.54, 1.807) is 0 Å². The van der Waals surface area contributed by atoms with Gasteiger partial charge in [0.25, 0.3) is 0 Å². The maximum Gasteiger partial charge on any atom is 0.0184 e. The molecule has 0 aliphatic rings. The van der Waals surface area contributed by atoms with Crippen molar-refractivity contribution in [3.63, 3.8) is 0 Å². The molecule has 0 aromatic rings. The van der Waals surface area contributed by atoms with Gasteiger partial charge < -0.3 is 0 Å². The molecule has 0 unspecified atom stereocenters. The molecule has 0 nitrogen and oxygen atoms in total. The van der Waals surface area contributed by atoms with Gasteiger partial charge in [0.05, 0.1) is 0 Å². The Morgan fingerprint density at radius 1 is 1.19 bits per heavy atom. The van der Waals surface area contributed by atoms with E-state index in [4.69, 9.17) is 0 Å². The second-order valence-corrected chi connectivity index (χ2v) is 4.47. The predicted molar refractivity (Wildman–Crippen MR) is 84.2 cm³/mol. The van der Waals surface area contributed by atoms with Crippen molar-refractivity contribution in [2.45, 2.75) is 39.5 Å². The van der Waals surface area contributed by atoms with Crippen molar-refractivity contribution in [2.24, 2.45) is 0 Å². The van der Waals surface area contributed by atoms with Gasteiger partial charge >= 0.3 is 0 Å². The zero-order chi connectivity index (χ0) is 12.2. The molecule has 0 N–H and O–H groups in total. The van der Waals surface area contributed by atoms with E-state index in [9.17, 15) is 0 Å². The molecule has 0 saturated heterocycles. The third-order valence-electron chi connectivity index (χ3n) is 2.27. The first kappa shape index (κ1) is 15.7. The Labute approximate surface area is 114 Å². The average Bonchev–Trinajstić information content (AvgIpc) is 2.30. The second-order valence-electron chi connectivity index (χ2n) is 3.59. The Bertz CT molecular complexity index is 269. The Morgan fingerprint density at radius 2 is 1.94 bits per heavy atom. The predicted octanol–water partition coefficient (Wildman–Crippen LogP) is 5.62. The summed E-state index contributed by atoms with van der Waals surface area (Å²) in [6.07, 6.45) is 15.5. The van der Waals surface area contributed by atoms with Crippen LogP contribution in [0.5, 0.6) is 0 Å². The summed E-state index contributed by atoms with van der Waals surface area (Å²) in [7, 11) is 0. The van der Waals surface area contributed by atoms with Crippen LogP contribution in [0.25, 0.3) is 0 Å². The molecule has 0 aromatic heterocycles. The fraction of sp³-hybridized carbons (Fsp3) is 0.467. The van der Waals surface area contributed by atoms with E-state index in [2.05, 4.69) is 67.3 Å². The van der Waals surface area contributed by atoms with Crippen LogP contribution in [0.4, 0.5) is 0 Å². The molecule has 90 valence electrons. The third kappa shape index (κ3) is 7.04. The van der Waals surface area contributed by atoms with Crippen LogP contribution in [0.3, 0.4) is 0 Å². The summed E-state index contributed by atoms with van der Waals surface area (Å²) >= 11 is 2.40. The van der Waals surface area contributed by atoms with E-state index in [0.29, 0.717) is 0 Å². The lowest BCUT2D eigenvalue weighted by atomic mass is 9.99. The summed E-state index contributed by atoms with van der Waals surface area (Å²) < 4.78 is 1.07. The number of allylic oxidation sites excluding steroid dienone is 7. The standard InChI is InChI=1S/C15H23I/c1-4-7-10-14(9-6-3)15(12-13-16)11-8-5-2/h4,8-9,11-12H,1,5-7,10,13H2,2-3H3/b11-8-,14-9+,15-12+. The highest BCUT2D eigenvalue weighted by Gasteiger charge is 2.00. The van der Waals surface area contributed by atoms with E-state index in [1.165, 1.54) is 11.1 Å². The lowest BCUT2D eigenvalue weighted by Crippen LogP contribution is -1.89. The molecule has 0 rings (SSSR count). The first-order valence-corrected chi connectivity index (χ1v) is 7.55. The minimum absolute atomic E-state index is 1.06. The number of alkyl halides is 1. The SMILES string of the molecule is C=CCCC(=C\CC)/C(/C=C\CC)=C/CI. The molecule has 0 aliphatic carbocycles. The topological polar surface area (TPSA) is 0 Å². The first-order valence-electron chi connectivity index (χ1n) is 6.03. The Balaban J connectivity index is 4.80. The molecule has 0 bridgehead atoms. The van der Waals surface area contributed by atoms with E-state index in [-0.39, 0.29) is 0 Å². The molecule has 0 radical (unpaired) electrons. The Kier molecular flexibility index (Phi) is 11.0. The van der Waals surface area contributed by atoms with Gasteiger partial charge in [-0.2, -0.15) is 0 Å². The zero-order valence-electron chi connectivity index (χ0n) is 10.5. The maximum atomic E-state index is 3.79. The van der Waals surface area contributed by atoms with Crippen LogP contribution in [-0.4, -0.2) is 4.43 Å². The number of halogens is 1. The molecule has 16 heavy (non-hydrogen) atoms. The normalized spacial score (nSPS) is 13.4. The highest BCUT2D eigenvalue weighted by molar-refractivity contribution is 14.1. The van der Waals surface area contributed by atoms with Gasteiger partial charge in [0.1, 0.15) is 0 Å². The quantitative estimate of drug-likeness (QED) is 0.235. The van der Waals surface area contributed by atoms with Gasteiger partial charge in [0.2, 0.25) is 0 Å². The third-order valence-corrected chi connectivity index (χ3v) is 2.71. The number of rotatable bonds is 8. The summed E-state index contributed by atoms with van der Waals surface area (Å²) in [6, 6.07) is 0. The van der Waals surface area contributed by atoms with Crippen LogP contribution >= 0.6 is 22.6 Å². The van der Waals surface area contributed by atoms with E-state index < -0.39 is 0 Å². The molecule has 0 aliphatic heterocycles. The highest BCUT2D eigenvalue weighted by atomic mass is 127. The average molecular weight is 330 g/mol. The van der Waals surface area contributed by atoms with Gasteiger partial charge in [-0.25, -0.2) is 0 Å². The smallest absolute Gasteiger partial charge is 0.0184 e. The largest absolute Gasteiger partial charge is 0.103 e. The molecule has 0 saturated carbocycles. The lowest BCUT2D eigenvalue weighted by molar-refractivity contribution is 0.978. The van der Waals surface area contributed by atoms with Crippen molar-refractivity contribution in [3.05, 3.63) is 48.1 Å². The summed E-state index contributed by atoms with van der Waals surface area (Å²) in [5, 5.41) is 0. The van der Waals surface area contributed by atoms with Gasteiger partial charge in [0.15, 0.2) is 0 Å². The van der Waals surface area contributed by atoms with E-state index in [0.717, 1.165) is 30.1 Å². The van der Waals surface area contributed by atoms with Crippen molar-refractivity contribution >= 4 is 22.6 Å². The van der Waals surface area contributed by atoms with Crippen molar-refractivity contribution < 1.29 is 0 Å². The molecule has 0 amide bonds. The van der Waals surface area contributed by atoms with Gasteiger partial charge in [-0.05, 0) is 36.8 Å². The molecule has 1 heteroatoms. The molecular weight excluding hydrogens is 307 g/mol. The van der Waals surface area contributed by atoms with Crippen LogP contribution in [0, 0.1) is 0 Å². The van der Waals surface area contributed by atoms with Crippen LogP contribution in [0.1, 0.15) is 39.5 Å². The monoisotopic (exact) mass is 330 g/mol. The number of hydrogen-bond acceptors (Lipinski definition) is 0. The zero-order valence-corrected chi connectivity index (χ0v) is 12.7. The van der Waals surface area contributed by atoms with E-state index >= 15 is 0 Å². The van der Waals surface area contributed by atoms with Crippen LogP contribution in [0.2, 0.25) is 0 Å². The highest BCUT2D eigenvalue weighted by Crippen LogP contribution is 2.19. The summed E-state index contributed by atoms with van der Waals surface area (Å²) in [5.74, 6) is 0. The van der Waals surface area contributed by atoms with Crippen LogP contribution in [0.15, 0.2) is 48.1 Å². The minimum Gasteiger partial charge on any atom is -0.103 e. The number of hydrogen-bond donors (Lipinski definition) is 0. The Hall–Kier alpha value is -0.310. The fourth-order valence-electron chi connectivity index (χ4n) is 1.50. The molecule has 0 atom stereocenters. The van der Waals surface area contributed by atoms with Gasteiger partial charge in [-0.15, -0.1) is 6.58 Å². The van der Waals surface area contributed by atoms with E-state index in [1.807, 2.05) is 6.08 Å². The second kappa shape index (κ2) is 11.2. The van der Waals surface area contributed by atoms with Gasteiger partial charge in [-0.1, -0.05) is 66.8 Å². The van der Waals surface area contributed by atoms with Crippen LogP contribution < -0.4 is 0 Å². The van der Waals surface area contributed by atoms with Crippen molar-refractivity contribution in [2.75, 3.05) is 4.43 Å². The first-order chi connectivity index (χ1) is 7.79. The molecular formula is C15H23I. The molecule has 0 heterocycles. The minimum atomic E-state index is 1.06. The molecule has 0 fully saturated rings.